The van der Waals surface area contributed by atoms with Crippen LogP contribution in [0.4, 0.5) is 5.69 Å². The van der Waals surface area contributed by atoms with Gasteiger partial charge in [-0.3, -0.25) is 4.90 Å². The average molecular weight is 342 g/mol. The van der Waals surface area contributed by atoms with Crippen molar-refractivity contribution in [1.29, 1.82) is 0 Å². The summed E-state index contributed by atoms with van der Waals surface area (Å²) in [5.74, 6) is 0. The lowest BCUT2D eigenvalue weighted by molar-refractivity contribution is 0.0375. The SMILES string of the molecule is CC(C)(C)N1CCN(c2cccc(B3CC(C)(C)C(C)(C)O3)c2)CC1. The molecule has 2 aliphatic rings. The lowest BCUT2D eigenvalue weighted by atomic mass is 9.54. The highest BCUT2D eigenvalue weighted by molar-refractivity contribution is 6.68. The van der Waals surface area contributed by atoms with Gasteiger partial charge >= 0.3 is 6.92 Å². The highest BCUT2D eigenvalue weighted by atomic mass is 16.5. The minimum absolute atomic E-state index is 0.0774. The van der Waals surface area contributed by atoms with Crippen LogP contribution in [0.25, 0.3) is 0 Å². The topological polar surface area (TPSA) is 15.7 Å². The second-order valence-corrected chi connectivity index (χ2v) is 9.94. The molecule has 0 unspecified atom stereocenters. The molecule has 0 spiro atoms. The summed E-state index contributed by atoms with van der Waals surface area (Å²) >= 11 is 0. The van der Waals surface area contributed by atoms with E-state index in [-0.39, 0.29) is 23.5 Å². The molecule has 0 amide bonds. The lowest BCUT2D eigenvalue weighted by Crippen LogP contribution is -2.53. The van der Waals surface area contributed by atoms with E-state index >= 15 is 0 Å². The van der Waals surface area contributed by atoms with Crippen LogP contribution in [0.15, 0.2) is 24.3 Å². The normalized spacial score (nSPS) is 24.0. The van der Waals surface area contributed by atoms with Crippen LogP contribution in [-0.4, -0.2) is 49.1 Å². The first-order chi connectivity index (χ1) is 11.5. The Morgan fingerprint density at radius 1 is 1.00 bits per heavy atom. The average Bonchev–Trinajstić information content (AvgIpc) is 2.75. The molecule has 2 aliphatic heterocycles. The van der Waals surface area contributed by atoms with Gasteiger partial charge in [0.15, 0.2) is 0 Å². The summed E-state index contributed by atoms with van der Waals surface area (Å²) in [6.07, 6.45) is 1.08. The molecule has 138 valence electrons. The van der Waals surface area contributed by atoms with Gasteiger partial charge in [0.1, 0.15) is 0 Å². The monoisotopic (exact) mass is 342 g/mol. The number of rotatable bonds is 2. The van der Waals surface area contributed by atoms with E-state index in [9.17, 15) is 0 Å². The molecule has 2 fully saturated rings. The number of benzene rings is 1. The van der Waals surface area contributed by atoms with Gasteiger partial charge < -0.3 is 9.55 Å². The molecule has 0 aromatic heterocycles. The highest BCUT2D eigenvalue weighted by Gasteiger charge is 2.49. The summed E-state index contributed by atoms with van der Waals surface area (Å²) in [4.78, 5) is 5.11. The molecule has 4 heteroatoms. The highest BCUT2D eigenvalue weighted by Crippen LogP contribution is 2.45. The molecule has 0 bridgehead atoms. The van der Waals surface area contributed by atoms with E-state index in [1.165, 1.54) is 11.2 Å². The molecule has 2 saturated heterocycles. The summed E-state index contributed by atoms with van der Waals surface area (Å²) in [6, 6.07) is 9.04. The molecule has 0 aliphatic carbocycles. The van der Waals surface area contributed by atoms with E-state index in [1.54, 1.807) is 0 Å². The predicted molar refractivity (Wildman–Crippen MR) is 109 cm³/mol. The molecule has 1 aromatic carbocycles. The Labute approximate surface area is 154 Å². The molecule has 2 heterocycles. The summed E-state index contributed by atoms with van der Waals surface area (Å²) in [7, 11) is 0. The molecule has 0 radical (unpaired) electrons. The van der Waals surface area contributed by atoms with Gasteiger partial charge in [0.05, 0.1) is 5.60 Å². The van der Waals surface area contributed by atoms with Crippen molar-refractivity contribution >= 4 is 18.1 Å². The zero-order valence-corrected chi connectivity index (χ0v) is 17.2. The second kappa shape index (κ2) is 6.31. The first kappa shape index (κ1) is 18.8. The lowest BCUT2D eigenvalue weighted by Gasteiger charge is -2.43. The standard InChI is InChI=1S/C21H35BN2O/c1-19(2,3)24-13-11-23(12-14-24)18-10-8-9-17(15-18)22-16-20(4,5)21(6,7)25-22/h8-10,15H,11-14,16H2,1-7H3. The Hall–Kier alpha value is -0.995. The van der Waals surface area contributed by atoms with Gasteiger partial charge in [-0.25, -0.2) is 0 Å². The number of piperazine rings is 1. The van der Waals surface area contributed by atoms with Crippen molar-refractivity contribution in [3.8, 4) is 0 Å². The van der Waals surface area contributed by atoms with Crippen LogP contribution in [-0.2, 0) is 4.65 Å². The summed E-state index contributed by atoms with van der Waals surface area (Å²) in [5, 5.41) is 0. The van der Waals surface area contributed by atoms with Gasteiger partial charge in [-0.15, -0.1) is 0 Å². The summed E-state index contributed by atoms with van der Waals surface area (Å²) in [5.41, 5.74) is 3.06. The summed E-state index contributed by atoms with van der Waals surface area (Å²) in [6.45, 7) is 20.7. The van der Waals surface area contributed by atoms with Gasteiger partial charge in [-0.05, 0) is 63.9 Å². The molecule has 0 saturated carbocycles. The van der Waals surface area contributed by atoms with Crippen LogP contribution in [0.3, 0.4) is 0 Å². The van der Waals surface area contributed by atoms with Crippen molar-refractivity contribution in [2.75, 3.05) is 31.1 Å². The van der Waals surface area contributed by atoms with Gasteiger partial charge in [0, 0.05) is 37.4 Å². The maximum atomic E-state index is 6.43. The second-order valence-electron chi connectivity index (χ2n) is 9.94. The van der Waals surface area contributed by atoms with Crippen LogP contribution in [0.2, 0.25) is 6.32 Å². The minimum Gasteiger partial charge on any atom is -0.426 e. The zero-order valence-electron chi connectivity index (χ0n) is 17.2. The van der Waals surface area contributed by atoms with Crippen LogP contribution >= 0.6 is 0 Å². The fourth-order valence-corrected chi connectivity index (χ4v) is 4.01. The largest absolute Gasteiger partial charge is 0.426 e. The number of nitrogens with zero attached hydrogens (tertiary/aromatic N) is 2. The molecular weight excluding hydrogens is 307 g/mol. The smallest absolute Gasteiger partial charge is 0.328 e. The fraction of sp³-hybridized carbons (Fsp3) is 0.714. The third kappa shape index (κ3) is 3.75. The zero-order chi connectivity index (χ0) is 18.5. The number of hydrogen-bond donors (Lipinski definition) is 0. The van der Waals surface area contributed by atoms with E-state index < -0.39 is 0 Å². The molecule has 1 aromatic rings. The van der Waals surface area contributed by atoms with Gasteiger partial charge in [0.2, 0.25) is 0 Å². The van der Waals surface area contributed by atoms with Gasteiger partial charge in [0.25, 0.3) is 0 Å². The minimum atomic E-state index is -0.0774. The molecule has 25 heavy (non-hydrogen) atoms. The van der Waals surface area contributed by atoms with Crippen LogP contribution in [0.5, 0.6) is 0 Å². The van der Waals surface area contributed by atoms with Crippen molar-refractivity contribution in [1.82, 2.24) is 4.90 Å². The van der Waals surface area contributed by atoms with Crippen molar-refractivity contribution in [2.24, 2.45) is 5.41 Å². The summed E-state index contributed by atoms with van der Waals surface area (Å²) < 4.78 is 6.43. The van der Waals surface area contributed by atoms with Crippen molar-refractivity contribution in [3.63, 3.8) is 0 Å². The third-order valence-electron chi connectivity index (χ3n) is 6.60. The van der Waals surface area contributed by atoms with E-state index in [0.717, 1.165) is 32.5 Å². The van der Waals surface area contributed by atoms with E-state index in [0.29, 0.717) is 0 Å². The van der Waals surface area contributed by atoms with E-state index in [4.69, 9.17) is 4.65 Å². The Kier molecular flexibility index (Phi) is 4.74. The van der Waals surface area contributed by atoms with E-state index in [1.807, 2.05) is 0 Å². The van der Waals surface area contributed by atoms with Crippen LogP contribution in [0.1, 0.15) is 48.5 Å². The Morgan fingerprint density at radius 2 is 1.64 bits per heavy atom. The van der Waals surface area contributed by atoms with E-state index in [2.05, 4.69) is 82.5 Å². The van der Waals surface area contributed by atoms with Gasteiger partial charge in [-0.1, -0.05) is 26.0 Å². The Bertz CT molecular complexity index is 597. The first-order valence-electron chi connectivity index (χ1n) is 9.77. The third-order valence-corrected chi connectivity index (χ3v) is 6.60. The molecular formula is C21H35BN2O. The van der Waals surface area contributed by atoms with Crippen LogP contribution in [0, 0.1) is 5.41 Å². The molecule has 0 atom stereocenters. The molecule has 0 N–H and O–H groups in total. The maximum absolute atomic E-state index is 6.43. The Balaban J connectivity index is 1.71. The predicted octanol–water partition coefficient (Wildman–Crippen LogP) is 3.64. The van der Waals surface area contributed by atoms with Crippen molar-refractivity contribution < 1.29 is 4.65 Å². The fourth-order valence-electron chi connectivity index (χ4n) is 4.01. The number of anilines is 1. The Morgan fingerprint density at radius 3 is 2.16 bits per heavy atom. The quantitative estimate of drug-likeness (QED) is 0.763. The molecule has 3 rings (SSSR count). The molecule has 3 nitrogen and oxygen atoms in total. The number of hydrogen-bond acceptors (Lipinski definition) is 3. The van der Waals surface area contributed by atoms with Gasteiger partial charge in [-0.2, -0.15) is 0 Å². The first-order valence-corrected chi connectivity index (χ1v) is 9.77. The van der Waals surface area contributed by atoms with Crippen molar-refractivity contribution in [3.05, 3.63) is 24.3 Å². The van der Waals surface area contributed by atoms with Crippen LogP contribution < -0.4 is 10.4 Å². The maximum Gasteiger partial charge on any atom is 0.328 e. The van der Waals surface area contributed by atoms with Crippen molar-refractivity contribution in [2.45, 2.75) is 65.9 Å².